The maximum absolute atomic E-state index is 11.9. The first kappa shape index (κ1) is 13.2. The van der Waals surface area contributed by atoms with Crippen molar-refractivity contribution in [3.63, 3.8) is 0 Å². The molecule has 0 bridgehead atoms. The van der Waals surface area contributed by atoms with E-state index < -0.39 is 0 Å². The summed E-state index contributed by atoms with van der Waals surface area (Å²) in [5.41, 5.74) is 6.99. The standard InChI is InChI=1S/C13H17N3O3/c1-15-12(17)3-2-6-16-10-5-4-9(14)7-11(10)19-8-13(16)18/h4-5,7H,2-3,6,8,14H2,1H3,(H,15,17). The number of benzene rings is 1. The molecule has 0 unspecified atom stereocenters. The lowest BCUT2D eigenvalue weighted by atomic mass is 10.2. The van der Waals surface area contributed by atoms with Gasteiger partial charge in [-0.2, -0.15) is 0 Å². The van der Waals surface area contributed by atoms with Crippen LogP contribution in [-0.4, -0.2) is 32.0 Å². The number of anilines is 2. The van der Waals surface area contributed by atoms with Crippen molar-refractivity contribution in [3.8, 4) is 5.75 Å². The van der Waals surface area contributed by atoms with E-state index in [-0.39, 0.29) is 18.4 Å². The van der Waals surface area contributed by atoms with Gasteiger partial charge in [-0.1, -0.05) is 0 Å². The van der Waals surface area contributed by atoms with E-state index in [1.807, 2.05) is 0 Å². The lowest BCUT2D eigenvalue weighted by Gasteiger charge is -2.29. The van der Waals surface area contributed by atoms with Gasteiger partial charge in [-0.15, -0.1) is 0 Å². The third-order valence-electron chi connectivity index (χ3n) is 2.99. The highest BCUT2D eigenvalue weighted by atomic mass is 16.5. The minimum absolute atomic E-state index is 0.0103. The summed E-state index contributed by atoms with van der Waals surface area (Å²) in [4.78, 5) is 24.7. The van der Waals surface area contributed by atoms with Crippen LogP contribution < -0.4 is 20.7 Å². The van der Waals surface area contributed by atoms with E-state index in [2.05, 4.69) is 5.32 Å². The van der Waals surface area contributed by atoms with Gasteiger partial charge in [0.15, 0.2) is 6.61 Å². The molecule has 6 nitrogen and oxygen atoms in total. The Labute approximate surface area is 111 Å². The highest BCUT2D eigenvalue weighted by molar-refractivity contribution is 5.98. The van der Waals surface area contributed by atoms with Crippen molar-refractivity contribution < 1.29 is 14.3 Å². The average molecular weight is 263 g/mol. The zero-order valence-electron chi connectivity index (χ0n) is 10.8. The van der Waals surface area contributed by atoms with E-state index >= 15 is 0 Å². The Bertz CT molecular complexity index is 502. The molecule has 1 aromatic carbocycles. The third-order valence-corrected chi connectivity index (χ3v) is 2.99. The van der Waals surface area contributed by atoms with Crippen LogP contribution in [0.15, 0.2) is 18.2 Å². The molecule has 0 saturated carbocycles. The van der Waals surface area contributed by atoms with Crippen LogP contribution in [0, 0.1) is 0 Å². The molecule has 0 saturated heterocycles. The van der Waals surface area contributed by atoms with E-state index in [9.17, 15) is 9.59 Å². The monoisotopic (exact) mass is 263 g/mol. The zero-order valence-corrected chi connectivity index (χ0v) is 10.8. The number of hydrogen-bond acceptors (Lipinski definition) is 4. The SMILES string of the molecule is CNC(=O)CCCN1C(=O)COc2cc(N)ccc21. The van der Waals surface area contributed by atoms with E-state index in [0.717, 1.165) is 0 Å². The van der Waals surface area contributed by atoms with Gasteiger partial charge in [0.1, 0.15) is 5.75 Å². The number of carbonyl (C=O) groups is 2. The van der Waals surface area contributed by atoms with Crippen LogP contribution in [-0.2, 0) is 9.59 Å². The van der Waals surface area contributed by atoms with Gasteiger partial charge in [0.25, 0.3) is 5.91 Å². The second kappa shape index (κ2) is 5.60. The summed E-state index contributed by atoms with van der Waals surface area (Å²) >= 11 is 0. The second-order valence-corrected chi connectivity index (χ2v) is 4.34. The molecule has 1 aromatic rings. The number of amides is 2. The maximum Gasteiger partial charge on any atom is 0.265 e. The number of ether oxygens (including phenoxy) is 1. The summed E-state index contributed by atoms with van der Waals surface area (Å²) in [7, 11) is 1.60. The number of hydrogen-bond donors (Lipinski definition) is 2. The molecule has 0 fully saturated rings. The summed E-state index contributed by atoms with van der Waals surface area (Å²) in [5.74, 6) is 0.479. The fraction of sp³-hybridized carbons (Fsp3) is 0.385. The Morgan fingerprint density at radius 2 is 2.32 bits per heavy atom. The lowest BCUT2D eigenvalue weighted by Crippen LogP contribution is -2.39. The van der Waals surface area contributed by atoms with Crippen molar-refractivity contribution >= 4 is 23.2 Å². The Kier molecular flexibility index (Phi) is 3.89. The normalized spacial score (nSPS) is 13.7. The van der Waals surface area contributed by atoms with E-state index in [1.165, 1.54) is 0 Å². The first-order valence-corrected chi connectivity index (χ1v) is 6.15. The third kappa shape index (κ3) is 2.96. The van der Waals surface area contributed by atoms with Crippen LogP contribution in [0.3, 0.4) is 0 Å². The second-order valence-electron chi connectivity index (χ2n) is 4.34. The lowest BCUT2D eigenvalue weighted by molar-refractivity contribution is -0.122. The van der Waals surface area contributed by atoms with Crippen molar-refractivity contribution in [1.82, 2.24) is 5.32 Å². The molecule has 102 valence electrons. The Hall–Kier alpha value is -2.24. The Morgan fingerprint density at radius 1 is 1.53 bits per heavy atom. The minimum Gasteiger partial charge on any atom is -0.481 e. The fourth-order valence-corrected chi connectivity index (χ4v) is 1.99. The van der Waals surface area contributed by atoms with Crippen molar-refractivity contribution in [2.24, 2.45) is 0 Å². The predicted molar refractivity (Wildman–Crippen MR) is 72.0 cm³/mol. The summed E-state index contributed by atoms with van der Waals surface area (Å²) in [6, 6.07) is 5.20. The Morgan fingerprint density at radius 3 is 3.05 bits per heavy atom. The summed E-state index contributed by atoms with van der Waals surface area (Å²) < 4.78 is 5.34. The van der Waals surface area contributed by atoms with Crippen LogP contribution in [0.2, 0.25) is 0 Å². The van der Waals surface area contributed by atoms with Crippen LogP contribution in [0.1, 0.15) is 12.8 Å². The smallest absolute Gasteiger partial charge is 0.265 e. The molecule has 0 radical (unpaired) electrons. The number of rotatable bonds is 4. The molecule has 0 spiro atoms. The Balaban J connectivity index is 2.08. The molecule has 1 heterocycles. The molecular weight excluding hydrogens is 246 g/mol. The van der Waals surface area contributed by atoms with Crippen LogP contribution in [0.25, 0.3) is 0 Å². The predicted octanol–water partition coefficient (Wildman–Crippen LogP) is 0.520. The van der Waals surface area contributed by atoms with Gasteiger partial charge < -0.3 is 20.7 Å². The van der Waals surface area contributed by atoms with Crippen LogP contribution in [0.4, 0.5) is 11.4 Å². The summed E-state index contributed by atoms with van der Waals surface area (Å²) in [6.45, 7) is 0.503. The molecule has 2 amide bonds. The first-order valence-electron chi connectivity index (χ1n) is 6.15. The number of nitrogens with zero attached hydrogens (tertiary/aromatic N) is 1. The van der Waals surface area contributed by atoms with E-state index in [4.69, 9.17) is 10.5 Å². The molecule has 0 atom stereocenters. The van der Waals surface area contributed by atoms with Gasteiger partial charge in [-0.25, -0.2) is 0 Å². The van der Waals surface area contributed by atoms with Gasteiger partial charge in [0.2, 0.25) is 5.91 Å². The number of carbonyl (C=O) groups excluding carboxylic acids is 2. The quantitative estimate of drug-likeness (QED) is 0.776. The minimum atomic E-state index is -0.103. The summed E-state index contributed by atoms with van der Waals surface area (Å²) in [6.07, 6.45) is 1.00. The maximum atomic E-state index is 11.9. The number of fused-ring (bicyclic) bond motifs is 1. The topological polar surface area (TPSA) is 84.7 Å². The highest BCUT2D eigenvalue weighted by Gasteiger charge is 2.25. The van der Waals surface area contributed by atoms with Gasteiger partial charge in [0.05, 0.1) is 5.69 Å². The first-order chi connectivity index (χ1) is 9.11. The van der Waals surface area contributed by atoms with Gasteiger partial charge >= 0.3 is 0 Å². The van der Waals surface area contributed by atoms with Crippen molar-refractivity contribution in [2.45, 2.75) is 12.8 Å². The highest BCUT2D eigenvalue weighted by Crippen LogP contribution is 2.33. The van der Waals surface area contributed by atoms with E-state index in [0.29, 0.717) is 36.5 Å². The number of nitrogens with two attached hydrogens (primary N) is 1. The average Bonchev–Trinajstić information content (AvgIpc) is 2.41. The summed E-state index contributed by atoms with van der Waals surface area (Å²) in [5, 5.41) is 2.56. The van der Waals surface area contributed by atoms with Crippen LogP contribution in [0.5, 0.6) is 5.75 Å². The molecule has 1 aliphatic heterocycles. The largest absolute Gasteiger partial charge is 0.481 e. The molecular formula is C13H17N3O3. The molecule has 3 N–H and O–H groups in total. The molecule has 2 rings (SSSR count). The fourth-order valence-electron chi connectivity index (χ4n) is 1.99. The van der Waals surface area contributed by atoms with E-state index in [1.54, 1.807) is 30.1 Å². The van der Waals surface area contributed by atoms with Gasteiger partial charge in [-0.05, 0) is 18.6 Å². The zero-order chi connectivity index (χ0) is 13.8. The molecule has 19 heavy (non-hydrogen) atoms. The number of nitrogens with one attached hydrogen (secondary N) is 1. The molecule has 1 aliphatic rings. The van der Waals surface area contributed by atoms with Crippen molar-refractivity contribution in [1.29, 1.82) is 0 Å². The van der Waals surface area contributed by atoms with Gasteiger partial charge in [-0.3, -0.25) is 9.59 Å². The molecule has 0 aliphatic carbocycles. The van der Waals surface area contributed by atoms with Crippen molar-refractivity contribution in [2.75, 3.05) is 30.8 Å². The van der Waals surface area contributed by atoms with Gasteiger partial charge in [0, 0.05) is 31.8 Å². The number of nitrogen functional groups attached to an aromatic ring is 1. The van der Waals surface area contributed by atoms with Crippen LogP contribution >= 0.6 is 0 Å². The van der Waals surface area contributed by atoms with Crippen molar-refractivity contribution in [3.05, 3.63) is 18.2 Å². The molecule has 6 heteroatoms. The molecule has 0 aromatic heterocycles.